The average molecular weight is 233 g/mol. The summed E-state index contributed by atoms with van der Waals surface area (Å²) in [6, 6.07) is 4.33. The monoisotopic (exact) mass is 233 g/mol. The lowest BCUT2D eigenvalue weighted by Crippen LogP contribution is -2.19. The topological polar surface area (TPSA) is 106 Å². The Morgan fingerprint density at radius 2 is 2.29 bits per heavy atom. The molecule has 1 amide bonds. The molecule has 0 fully saturated rings. The fraction of sp³-hybridized carbons (Fsp3) is 0.100. The Balaban J connectivity index is 2.26. The zero-order valence-electron chi connectivity index (χ0n) is 9.10. The van der Waals surface area contributed by atoms with E-state index < -0.39 is 5.91 Å². The quantitative estimate of drug-likeness (QED) is 0.675. The molecule has 0 aliphatic rings. The lowest BCUT2D eigenvalue weighted by atomic mass is 10.3. The second-order valence-corrected chi connectivity index (χ2v) is 3.45. The number of H-pyrrole nitrogens is 1. The van der Waals surface area contributed by atoms with Gasteiger partial charge in [0, 0.05) is 13.1 Å². The third kappa shape index (κ3) is 2.17. The second-order valence-electron chi connectivity index (χ2n) is 3.45. The molecule has 0 bridgehead atoms. The van der Waals surface area contributed by atoms with Gasteiger partial charge >= 0.3 is 0 Å². The van der Waals surface area contributed by atoms with Crippen LogP contribution in [-0.4, -0.2) is 20.7 Å². The Morgan fingerprint density at radius 3 is 2.88 bits per heavy atom. The van der Waals surface area contributed by atoms with Gasteiger partial charge in [-0.2, -0.15) is 5.10 Å². The minimum atomic E-state index is -0.446. The van der Waals surface area contributed by atoms with Gasteiger partial charge in [-0.25, -0.2) is 0 Å². The van der Waals surface area contributed by atoms with Crippen molar-refractivity contribution in [1.82, 2.24) is 14.8 Å². The zero-order valence-corrected chi connectivity index (χ0v) is 9.10. The number of amides is 1. The molecule has 2 rings (SSSR count). The first-order valence-corrected chi connectivity index (χ1v) is 4.86. The van der Waals surface area contributed by atoms with E-state index in [4.69, 9.17) is 5.73 Å². The third-order valence-corrected chi connectivity index (χ3v) is 2.21. The molecule has 7 heteroatoms. The van der Waals surface area contributed by atoms with Gasteiger partial charge in [-0.3, -0.25) is 14.3 Å². The lowest BCUT2D eigenvalue weighted by Gasteiger charge is -2.05. The van der Waals surface area contributed by atoms with Gasteiger partial charge in [-0.1, -0.05) is 6.07 Å². The van der Waals surface area contributed by atoms with Crippen molar-refractivity contribution in [1.29, 1.82) is 0 Å². The van der Waals surface area contributed by atoms with E-state index in [1.165, 1.54) is 29.1 Å². The molecule has 0 spiro atoms. The standard InChI is InChI=1S/C10H11N5O2/c1-15-9(6(11)5-12-15)14-10(17)7-3-2-4-8(16)13-7/h2-5H,11H2,1H3,(H,13,16)(H,14,17). The van der Waals surface area contributed by atoms with E-state index >= 15 is 0 Å². The molecule has 0 aliphatic carbocycles. The van der Waals surface area contributed by atoms with E-state index in [0.717, 1.165) is 0 Å². The first kappa shape index (κ1) is 10.9. The van der Waals surface area contributed by atoms with Crippen molar-refractivity contribution in [2.75, 3.05) is 11.1 Å². The first-order valence-electron chi connectivity index (χ1n) is 4.86. The highest BCUT2D eigenvalue weighted by Crippen LogP contribution is 2.16. The van der Waals surface area contributed by atoms with Gasteiger partial charge in [0.05, 0.1) is 11.9 Å². The lowest BCUT2D eigenvalue weighted by molar-refractivity contribution is 0.102. The second kappa shape index (κ2) is 4.12. The smallest absolute Gasteiger partial charge is 0.273 e. The highest BCUT2D eigenvalue weighted by Gasteiger charge is 2.11. The predicted molar refractivity (Wildman–Crippen MR) is 62.6 cm³/mol. The Bertz CT molecular complexity index is 594. The van der Waals surface area contributed by atoms with Crippen molar-refractivity contribution in [2.45, 2.75) is 0 Å². The number of nitrogens with two attached hydrogens (primary N) is 1. The maximum atomic E-state index is 11.8. The van der Waals surface area contributed by atoms with E-state index in [1.807, 2.05) is 0 Å². The van der Waals surface area contributed by atoms with Crippen LogP contribution in [0.15, 0.2) is 29.2 Å². The van der Waals surface area contributed by atoms with Crippen LogP contribution in [0.25, 0.3) is 0 Å². The summed E-state index contributed by atoms with van der Waals surface area (Å²) in [6.07, 6.45) is 1.43. The van der Waals surface area contributed by atoms with Crippen molar-refractivity contribution < 1.29 is 4.79 Å². The van der Waals surface area contributed by atoms with Gasteiger partial charge in [0.1, 0.15) is 5.69 Å². The number of carbonyl (C=O) groups is 1. The summed E-state index contributed by atoms with van der Waals surface area (Å²) in [4.78, 5) is 25.3. The number of anilines is 2. The van der Waals surface area contributed by atoms with Gasteiger partial charge in [0.15, 0.2) is 5.82 Å². The molecule has 17 heavy (non-hydrogen) atoms. The van der Waals surface area contributed by atoms with Crippen molar-refractivity contribution in [3.8, 4) is 0 Å². The van der Waals surface area contributed by atoms with E-state index in [-0.39, 0.29) is 11.3 Å². The van der Waals surface area contributed by atoms with Gasteiger partial charge in [-0.05, 0) is 6.07 Å². The van der Waals surface area contributed by atoms with Crippen LogP contribution in [-0.2, 0) is 7.05 Å². The van der Waals surface area contributed by atoms with Crippen LogP contribution >= 0.6 is 0 Å². The summed E-state index contributed by atoms with van der Waals surface area (Å²) in [5, 5.41) is 6.45. The summed E-state index contributed by atoms with van der Waals surface area (Å²) in [5.41, 5.74) is 5.82. The van der Waals surface area contributed by atoms with Crippen LogP contribution in [0.2, 0.25) is 0 Å². The fourth-order valence-electron chi connectivity index (χ4n) is 1.36. The minimum Gasteiger partial charge on any atom is -0.394 e. The maximum absolute atomic E-state index is 11.8. The Morgan fingerprint density at radius 1 is 1.53 bits per heavy atom. The predicted octanol–water partition coefficient (Wildman–Crippen LogP) is -0.0571. The molecule has 88 valence electrons. The summed E-state index contributed by atoms with van der Waals surface area (Å²) in [5.74, 6) is -0.0577. The van der Waals surface area contributed by atoms with Crippen LogP contribution in [0.3, 0.4) is 0 Å². The minimum absolute atomic E-state index is 0.165. The van der Waals surface area contributed by atoms with E-state index in [1.54, 1.807) is 7.05 Å². The highest BCUT2D eigenvalue weighted by atomic mass is 16.2. The average Bonchev–Trinajstić information content (AvgIpc) is 2.61. The van der Waals surface area contributed by atoms with Gasteiger partial charge < -0.3 is 16.0 Å². The van der Waals surface area contributed by atoms with Gasteiger partial charge in [0.2, 0.25) is 5.56 Å². The number of nitrogens with one attached hydrogen (secondary N) is 2. The summed E-state index contributed by atoms with van der Waals surface area (Å²) in [6.45, 7) is 0. The molecule has 0 aromatic carbocycles. The molecule has 0 radical (unpaired) electrons. The van der Waals surface area contributed by atoms with Crippen LogP contribution in [0.5, 0.6) is 0 Å². The number of hydrogen-bond acceptors (Lipinski definition) is 4. The van der Waals surface area contributed by atoms with E-state index in [2.05, 4.69) is 15.4 Å². The number of aromatic nitrogens is 3. The SMILES string of the molecule is Cn1ncc(N)c1NC(=O)c1cccc(=O)[nH]1. The van der Waals surface area contributed by atoms with E-state index in [9.17, 15) is 9.59 Å². The Hall–Kier alpha value is -2.57. The van der Waals surface area contributed by atoms with Crippen LogP contribution < -0.4 is 16.6 Å². The number of carbonyl (C=O) groups excluding carboxylic acids is 1. The molecular weight excluding hydrogens is 222 g/mol. The largest absolute Gasteiger partial charge is 0.394 e. The molecule has 2 aromatic heterocycles. The number of pyridine rings is 1. The zero-order chi connectivity index (χ0) is 12.4. The number of rotatable bonds is 2. The van der Waals surface area contributed by atoms with Crippen LogP contribution in [0.1, 0.15) is 10.5 Å². The summed E-state index contributed by atoms with van der Waals surface area (Å²) >= 11 is 0. The first-order chi connectivity index (χ1) is 8.08. The number of nitrogens with zero attached hydrogens (tertiary/aromatic N) is 2. The number of nitrogen functional groups attached to an aromatic ring is 1. The van der Waals surface area contributed by atoms with Crippen molar-refractivity contribution >= 4 is 17.4 Å². The molecule has 0 unspecified atom stereocenters. The molecule has 0 saturated heterocycles. The number of hydrogen-bond donors (Lipinski definition) is 3. The van der Waals surface area contributed by atoms with Crippen molar-refractivity contribution in [3.63, 3.8) is 0 Å². The molecule has 2 aromatic rings. The Kier molecular flexibility index (Phi) is 2.65. The maximum Gasteiger partial charge on any atom is 0.273 e. The molecule has 2 heterocycles. The summed E-state index contributed by atoms with van der Waals surface area (Å²) < 4.78 is 1.44. The number of aromatic amines is 1. The van der Waals surface area contributed by atoms with Crippen molar-refractivity contribution in [3.05, 3.63) is 40.4 Å². The summed E-state index contributed by atoms with van der Waals surface area (Å²) in [7, 11) is 1.65. The number of aryl methyl sites for hydroxylation is 1. The molecular formula is C10H11N5O2. The molecule has 0 saturated carbocycles. The van der Waals surface area contributed by atoms with E-state index in [0.29, 0.717) is 11.5 Å². The molecule has 7 nitrogen and oxygen atoms in total. The van der Waals surface area contributed by atoms with Gasteiger partial charge in [0.25, 0.3) is 5.91 Å². The fourth-order valence-corrected chi connectivity index (χ4v) is 1.36. The normalized spacial score (nSPS) is 10.2. The molecule has 0 atom stereocenters. The van der Waals surface area contributed by atoms with Crippen LogP contribution in [0, 0.1) is 0 Å². The Labute approximate surface area is 96.3 Å². The highest BCUT2D eigenvalue weighted by molar-refractivity contribution is 6.03. The molecule has 0 aliphatic heterocycles. The molecule has 4 N–H and O–H groups in total. The van der Waals surface area contributed by atoms with Gasteiger partial charge in [-0.15, -0.1) is 0 Å². The van der Waals surface area contributed by atoms with Crippen LogP contribution in [0.4, 0.5) is 11.5 Å². The van der Waals surface area contributed by atoms with Crippen molar-refractivity contribution in [2.24, 2.45) is 7.05 Å². The third-order valence-electron chi connectivity index (χ3n) is 2.21.